The Labute approximate surface area is 190 Å². The lowest BCUT2D eigenvalue weighted by Gasteiger charge is -2.23. The van der Waals surface area contributed by atoms with Crippen LogP contribution in [-0.4, -0.2) is 19.2 Å². The second kappa shape index (κ2) is 11.1. The fourth-order valence-corrected chi connectivity index (χ4v) is 4.31. The van der Waals surface area contributed by atoms with Crippen molar-refractivity contribution >= 4 is 0 Å². The zero-order chi connectivity index (χ0) is 22.2. The molecule has 0 bridgehead atoms. The van der Waals surface area contributed by atoms with Gasteiger partial charge in [-0.2, -0.15) is 0 Å². The lowest BCUT2D eigenvalue weighted by Crippen LogP contribution is -2.35. The van der Waals surface area contributed by atoms with Crippen LogP contribution < -0.4 is 14.8 Å². The summed E-state index contributed by atoms with van der Waals surface area (Å²) in [4.78, 5) is 0. The second-order valence-electron chi connectivity index (χ2n) is 8.37. The van der Waals surface area contributed by atoms with Gasteiger partial charge in [-0.15, -0.1) is 0 Å². The molecule has 3 aromatic carbocycles. The van der Waals surface area contributed by atoms with E-state index in [9.17, 15) is 4.39 Å². The highest BCUT2D eigenvalue weighted by atomic mass is 19.1. The van der Waals surface area contributed by atoms with Crippen LogP contribution in [0.1, 0.15) is 43.7 Å². The molecule has 1 atom stereocenters. The lowest BCUT2D eigenvalue weighted by atomic mass is 9.96. The third-order valence-corrected chi connectivity index (χ3v) is 6.08. The van der Waals surface area contributed by atoms with Crippen molar-refractivity contribution in [3.63, 3.8) is 0 Å². The van der Waals surface area contributed by atoms with Gasteiger partial charge in [0.05, 0.1) is 6.61 Å². The minimum atomic E-state index is -0.236. The molecule has 0 aromatic heterocycles. The maximum absolute atomic E-state index is 13.5. The minimum absolute atomic E-state index is 0.236. The third kappa shape index (κ3) is 5.89. The number of hydrogen-bond donors (Lipinski definition) is 1. The topological polar surface area (TPSA) is 30.5 Å². The fraction of sp³-hybridized carbons (Fsp3) is 0.357. The van der Waals surface area contributed by atoms with Gasteiger partial charge in [0.15, 0.2) is 0 Å². The first-order valence-electron chi connectivity index (χ1n) is 11.7. The average molecular weight is 434 g/mol. The van der Waals surface area contributed by atoms with E-state index in [2.05, 4.69) is 30.4 Å². The number of nitrogens with one attached hydrogen (secondary N) is 1. The van der Waals surface area contributed by atoms with Gasteiger partial charge in [-0.25, -0.2) is 4.39 Å². The smallest absolute Gasteiger partial charge is 0.127 e. The monoisotopic (exact) mass is 433 g/mol. The summed E-state index contributed by atoms with van der Waals surface area (Å²) in [6, 6.07) is 21.4. The van der Waals surface area contributed by atoms with Gasteiger partial charge >= 0.3 is 0 Å². The maximum Gasteiger partial charge on any atom is 0.127 e. The Hall–Kier alpha value is -2.85. The molecule has 3 nitrogen and oxygen atoms in total. The lowest BCUT2D eigenvalue weighted by molar-refractivity contribution is 0.264. The Bertz CT molecular complexity index is 982. The molecule has 32 heavy (non-hydrogen) atoms. The van der Waals surface area contributed by atoms with Crippen molar-refractivity contribution in [1.82, 2.24) is 5.32 Å². The van der Waals surface area contributed by atoms with Crippen molar-refractivity contribution in [3.05, 3.63) is 83.7 Å². The van der Waals surface area contributed by atoms with Crippen molar-refractivity contribution in [2.75, 3.05) is 13.2 Å². The summed E-state index contributed by atoms with van der Waals surface area (Å²) in [6.07, 6.45) is 5.56. The number of benzene rings is 3. The summed E-state index contributed by atoms with van der Waals surface area (Å²) < 4.78 is 26.0. The van der Waals surface area contributed by atoms with Gasteiger partial charge < -0.3 is 14.8 Å². The zero-order valence-electron chi connectivity index (χ0n) is 18.8. The Morgan fingerprint density at radius 2 is 1.78 bits per heavy atom. The Morgan fingerprint density at radius 3 is 2.50 bits per heavy atom. The number of ether oxygens (including phenoxy) is 2. The number of piperidine rings is 1. The van der Waals surface area contributed by atoms with Crippen molar-refractivity contribution in [1.29, 1.82) is 0 Å². The van der Waals surface area contributed by atoms with Crippen LogP contribution in [-0.2, 0) is 13.0 Å². The average Bonchev–Trinajstić information content (AvgIpc) is 2.84. The van der Waals surface area contributed by atoms with Crippen LogP contribution in [0.5, 0.6) is 11.5 Å². The predicted molar refractivity (Wildman–Crippen MR) is 128 cm³/mol. The molecule has 1 aliphatic heterocycles. The van der Waals surface area contributed by atoms with Crippen molar-refractivity contribution in [2.24, 2.45) is 0 Å². The predicted octanol–water partition coefficient (Wildman–Crippen LogP) is 6.55. The molecular formula is C28H32FNO2. The second-order valence-corrected chi connectivity index (χ2v) is 8.37. The normalized spacial score (nSPS) is 16.0. The molecule has 1 aliphatic rings. The number of halogens is 1. The van der Waals surface area contributed by atoms with Crippen molar-refractivity contribution in [3.8, 4) is 22.6 Å². The standard InChI is InChI=1S/C28H32FNO2/c1-2-26-27(22-11-13-23(29)14-12-22)18-25(31-17-15-24-10-6-7-16-30-24)19-28(26)32-20-21-8-4-3-5-9-21/h3-5,8-9,11-14,18-19,24,30H,2,6-7,10,15-17,20H2,1H3. The first-order valence-corrected chi connectivity index (χ1v) is 11.7. The summed E-state index contributed by atoms with van der Waals surface area (Å²) in [5.74, 6) is 1.38. The van der Waals surface area contributed by atoms with Gasteiger partial charge in [0.1, 0.15) is 23.9 Å². The maximum atomic E-state index is 13.5. The molecule has 1 N–H and O–H groups in total. The third-order valence-electron chi connectivity index (χ3n) is 6.08. The Balaban J connectivity index is 1.57. The fourth-order valence-electron chi connectivity index (χ4n) is 4.31. The van der Waals surface area contributed by atoms with E-state index in [1.54, 1.807) is 0 Å². The van der Waals surface area contributed by atoms with Gasteiger partial charge in [-0.05, 0) is 67.1 Å². The Morgan fingerprint density at radius 1 is 0.969 bits per heavy atom. The molecule has 0 radical (unpaired) electrons. The molecule has 3 aromatic rings. The number of hydrogen-bond acceptors (Lipinski definition) is 3. The summed E-state index contributed by atoms with van der Waals surface area (Å²) in [7, 11) is 0. The van der Waals surface area contributed by atoms with E-state index in [0.29, 0.717) is 19.3 Å². The van der Waals surface area contributed by atoms with Crippen LogP contribution in [0.2, 0.25) is 0 Å². The molecule has 0 aliphatic carbocycles. The number of rotatable bonds is 9. The highest BCUT2D eigenvalue weighted by Crippen LogP contribution is 2.36. The van der Waals surface area contributed by atoms with Crippen LogP contribution >= 0.6 is 0 Å². The molecule has 0 amide bonds. The van der Waals surface area contributed by atoms with E-state index in [4.69, 9.17) is 9.47 Å². The molecular weight excluding hydrogens is 401 g/mol. The van der Waals surface area contributed by atoms with Gasteiger partial charge in [-0.3, -0.25) is 0 Å². The van der Waals surface area contributed by atoms with Gasteiger partial charge in [0.25, 0.3) is 0 Å². The van der Waals surface area contributed by atoms with Crippen molar-refractivity contribution in [2.45, 2.75) is 51.7 Å². The van der Waals surface area contributed by atoms with Crippen LogP contribution in [0.25, 0.3) is 11.1 Å². The summed E-state index contributed by atoms with van der Waals surface area (Å²) in [5, 5.41) is 3.58. The molecule has 1 unspecified atom stereocenters. The van der Waals surface area contributed by atoms with E-state index in [1.807, 2.05) is 36.4 Å². The van der Waals surface area contributed by atoms with Crippen LogP contribution in [0.4, 0.5) is 4.39 Å². The summed E-state index contributed by atoms with van der Waals surface area (Å²) >= 11 is 0. The van der Waals surface area contributed by atoms with E-state index < -0.39 is 0 Å². The molecule has 168 valence electrons. The van der Waals surface area contributed by atoms with E-state index in [0.717, 1.165) is 53.1 Å². The molecule has 4 rings (SSSR count). The SMILES string of the molecule is CCc1c(OCc2ccccc2)cc(OCCC2CCCCN2)cc1-c1ccc(F)cc1. The zero-order valence-corrected chi connectivity index (χ0v) is 18.8. The highest BCUT2D eigenvalue weighted by Gasteiger charge is 2.16. The van der Waals surface area contributed by atoms with Crippen molar-refractivity contribution < 1.29 is 13.9 Å². The molecule has 0 spiro atoms. The quantitative estimate of drug-likeness (QED) is 0.415. The van der Waals surface area contributed by atoms with E-state index in [1.165, 1.54) is 31.4 Å². The summed E-state index contributed by atoms with van der Waals surface area (Å²) in [5.41, 5.74) is 4.22. The van der Waals surface area contributed by atoms with Gasteiger partial charge in [0, 0.05) is 17.7 Å². The van der Waals surface area contributed by atoms with Gasteiger partial charge in [-0.1, -0.05) is 55.8 Å². The first-order chi connectivity index (χ1) is 15.7. The molecule has 4 heteroatoms. The van der Waals surface area contributed by atoms with E-state index >= 15 is 0 Å². The van der Waals surface area contributed by atoms with Gasteiger partial charge in [0.2, 0.25) is 0 Å². The largest absolute Gasteiger partial charge is 0.493 e. The molecule has 0 saturated carbocycles. The molecule has 1 saturated heterocycles. The minimum Gasteiger partial charge on any atom is -0.493 e. The van der Waals surface area contributed by atoms with E-state index in [-0.39, 0.29) is 5.82 Å². The summed E-state index contributed by atoms with van der Waals surface area (Å²) in [6.45, 7) is 4.37. The van der Waals surface area contributed by atoms with Crippen LogP contribution in [0.15, 0.2) is 66.7 Å². The molecule has 1 heterocycles. The van der Waals surface area contributed by atoms with Crippen LogP contribution in [0, 0.1) is 5.82 Å². The van der Waals surface area contributed by atoms with Crippen LogP contribution in [0.3, 0.4) is 0 Å². The first kappa shape index (κ1) is 22.3. The highest BCUT2D eigenvalue weighted by molar-refractivity contribution is 5.72. The molecule has 1 fully saturated rings. The Kier molecular flexibility index (Phi) is 7.78.